The Morgan fingerprint density at radius 2 is 1.89 bits per heavy atom. The van der Waals surface area contributed by atoms with Crippen LogP contribution < -0.4 is 10.5 Å². The van der Waals surface area contributed by atoms with Crippen LogP contribution in [0.25, 0.3) is 11.3 Å². The van der Waals surface area contributed by atoms with Gasteiger partial charge in [-0.05, 0) is 37.1 Å². The van der Waals surface area contributed by atoms with Gasteiger partial charge in [-0.2, -0.15) is 5.26 Å². The lowest BCUT2D eigenvalue weighted by atomic mass is 10.1. The zero-order valence-corrected chi connectivity index (χ0v) is 16.0. The molecule has 1 aromatic heterocycles. The summed E-state index contributed by atoms with van der Waals surface area (Å²) in [5, 5.41) is 10.2. The first-order valence-electron chi connectivity index (χ1n) is 8.64. The molecule has 0 fully saturated rings. The van der Waals surface area contributed by atoms with Gasteiger partial charge in [-0.25, -0.2) is 4.98 Å². The third kappa shape index (κ3) is 3.11. The van der Waals surface area contributed by atoms with Gasteiger partial charge in [0.1, 0.15) is 18.3 Å². The Morgan fingerprint density at radius 1 is 1.11 bits per heavy atom. The Labute approximate surface area is 161 Å². The van der Waals surface area contributed by atoms with Crippen LogP contribution in [0.3, 0.4) is 0 Å². The van der Waals surface area contributed by atoms with E-state index in [1.807, 2.05) is 30.3 Å². The van der Waals surface area contributed by atoms with E-state index >= 15 is 0 Å². The standard InChI is InChI=1S/C21H18N4OS/c1-14-8-9-17(10-15(14)2)24-12-25-20(26)18(11-22)19(23-21(25)27-13-24)16-6-4-3-5-7-16/h3-10H,12-13H2,1-2H3. The average Bonchev–Trinajstić information content (AvgIpc) is 2.70. The van der Waals surface area contributed by atoms with Crippen molar-refractivity contribution in [1.29, 1.82) is 5.26 Å². The van der Waals surface area contributed by atoms with Crippen LogP contribution in [0.2, 0.25) is 0 Å². The number of hydrogen-bond donors (Lipinski definition) is 0. The SMILES string of the molecule is Cc1ccc(N2CSc3nc(-c4ccccc4)c(C#N)c(=O)n3C2)cc1C. The second kappa shape index (κ2) is 6.93. The van der Waals surface area contributed by atoms with Gasteiger partial charge in [0.15, 0.2) is 5.16 Å². The number of rotatable bonds is 2. The van der Waals surface area contributed by atoms with Crippen molar-refractivity contribution in [2.45, 2.75) is 25.7 Å². The van der Waals surface area contributed by atoms with Crippen molar-refractivity contribution in [2.75, 3.05) is 10.8 Å². The topological polar surface area (TPSA) is 61.9 Å². The van der Waals surface area contributed by atoms with Crippen molar-refractivity contribution < 1.29 is 0 Å². The first-order chi connectivity index (χ1) is 13.1. The maximum atomic E-state index is 13.0. The molecular weight excluding hydrogens is 356 g/mol. The monoisotopic (exact) mass is 374 g/mol. The molecule has 0 atom stereocenters. The predicted molar refractivity (Wildman–Crippen MR) is 108 cm³/mol. The van der Waals surface area contributed by atoms with Gasteiger partial charge in [-0.1, -0.05) is 48.2 Å². The number of benzene rings is 2. The van der Waals surface area contributed by atoms with Crippen molar-refractivity contribution in [3.63, 3.8) is 0 Å². The Morgan fingerprint density at radius 3 is 2.59 bits per heavy atom. The molecule has 134 valence electrons. The Kier molecular flexibility index (Phi) is 4.46. The minimum atomic E-state index is -0.289. The summed E-state index contributed by atoms with van der Waals surface area (Å²) in [6.07, 6.45) is 0. The lowest BCUT2D eigenvalue weighted by molar-refractivity contribution is 0.560. The molecule has 1 aliphatic rings. The number of nitriles is 1. The summed E-state index contributed by atoms with van der Waals surface area (Å²) in [6.45, 7) is 4.55. The van der Waals surface area contributed by atoms with E-state index in [1.54, 1.807) is 4.57 Å². The molecule has 1 aliphatic heterocycles. The van der Waals surface area contributed by atoms with Gasteiger partial charge >= 0.3 is 0 Å². The van der Waals surface area contributed by atoms with Crippen LogP contribution in [-0.4, -0.2) is 15.4 Å². The molecule has 0 bridgehead atoms. The number of thioether (sulfide) groups is 1. The van der Waals surface area contributed by atoms with Crippen LogP contribution in [0.15, 0.2) is 58.5 Å². The molecule has 3 aromatic rings. The second-order valence-electron chi connectivity index (χ2n) is 6.55. The molecule has 0 amide bonds. The second-order valence-corrected chi connectivity index (χ2v) is 7.46. The van der Waals surface area contributed by atoms with Gasteiger partial charge in [-0.15, -0.1) is 0 Å². The molecule has 0 unspecified atom stereocenters. The minimum absolute atomic E-state index is 0.0903. The van der Waals surface area contributed by atoms with E-state index in [0.29, 0.717) is 23.4 Å². The number of anilines is 1. The van der Waals surface area contributed by atoms with Gasteiger partial charge in [-0.3, -0.25) is 9.36 Å². The van der Waals surface area contributed by atoms with E-state index in [2.05, 4.69) is 48.0 Å². The van der Waals surface area contributed by atoms with Crippen LogP contribution in [-0.2, 0) is 6.67 Å². The summed E-state index contributed by atoms with van der Waals surface area (Å²) in [5.41, 5.74) is 4.56. The highest BCUT2D eigenvalue weighted by molar-refractivity contribution is 7.99. The summed E-state index contributed by atoms with van der Waals surface area (Å²) >= 11 is 1.51. The Bertz CT molecular complexity index is 1120. The molecular formula is C21H18N4OS. The van der Waals surface area contributed by atoms with Crippen LogP contribution in [0.5, 0.6) is 0 Å². The van der Waals surface area contributed by atoms with Gasteiger partial charge in [0.2, 0.25) is 0 Å². The number of aryl methyl sites for hydroxylation is 2. The lowest BCUT2D eigenvalue weighted by Crippen LogP contribution is -2.38. The van der Waals surface area contributed by atoms with Gasteiger partial charge in [0.05, 0.1) is 11.6 Å². The fraction of sp³-hybridized carbons (Fsp3) is 0.190. The number of fused-ring (bicyclic) bond motifs is 1. The van der Waals surface area contributed by atoms with Crippen molar-refractivity contribution in [2.24, 2.45) is 0 Å². The van der Waals surface area contributed by atoms with Crippen molar-refractivity contribution >= 4 is 17.4 Å². The predicted octanol–water partition coefficient (Wildman–Crippen LogP) is 3.93. The first kappa shape index (κ1) is 17.4. The molecule has 0 radical (unpaired) electrons. The largest absolute Gasteiger partial charge is 0.343 e. The molecule has 0 aliphatic carbocycles. The maximum Gasteiger partial charge on any atom is 0.274 e. The van der Waals surface area contributed by atoms with E-state index in [9.17, 15) is 10.1 Å². The van der Waals surface area contributed by atoms with Crippen molar-refractivity contribution in [1.82, 2.24) is 9.55 Å². The van der Waals surface area contributed by atoms with Crippen LogP contribution in [0.4, 0.5) is 5.69 Å². The summed E-state index contributed by atoms with van der Waals surface area (Å²) in [7, 11) is 0. The molecule has 2 aromatic carbocycles. The highest BCUT2D eigenvalue weighted by Gasteiger charge is 2.24. The van der Waals surface area contributed by atoms with Gasteiger partial charge in [0, 0.05) is 11.3 Å². The molecule has 5 nitrogen and oxygen atoms in total. The normalized spacial score (nSPS) is 13.1. The minimum Gasteiger partial charge on any atom is -0.343 e. The van der Waals surface area contributed by atoms with E-state index in [4.69, 9.17) is 0 Å². The molecule has 6 heteroatoms. The Hall–Kier alpha value is -3.04. The van der Waals surface area contributed by atoms with Crippen molar-refractivity contribution in [3.05, 3.63) is 75.6 Å². The van der Waals surface area contributed by atoms with E-state index < -0.39 is 0 Å². The smallest absolute Gasteiger partial charge is 0.274 e. The van der Waals surface area contributed by atoms with E-state index in [0.717, 1.165) is 11.3 Å². The Balaban J connectivity index is 1.77. The zero-order valence-electron chi connectivity index (χ0n) is 15.1. The number of nitrogens with zero attached hydrogens (tertiary/aromatic N) is 4. The van der Waals surface area contributed by atoms with Crippen LogP contribution in [0.1, 0.15) is 16.7 Å². The number of hydrogen-bond acceptors (Lipinski definition) is 5. The highest BCUT2D eigenvalue weighted by atomic mass is 32.2. The number of aromatic nitrogens is 2. The fourth-order valence-corrected chi connectivity index (χ4v) is 4.06. The van der Waals surface area contributed by atoms with Gasteiger partial charge < -0.3 is 4.90 Å². The lowest BCUT2D eigenvalue weighted by Gasteiger charge is -2.31. The van der Waals surface area contributed by atoms with Crippen LogP contribution in [0, 0.1) is 25.2 Å². The summed E-state index contributed by atoms with van der Waals surface area (Å²) in [4.78, 5) is 19.8. The van der Waals surface area contributed by atoms with Gasteiger partial charge in [0.25, 0.3) is 5.56 Å². The average molecular weight is 374 g/mol. The van der Waals surface area contributed by atoms with E-state index in [1.165, 1.54) is 22.9 Å². The molecule has 0 saturated carbocycles. The molecule has 0 N–H and O–H groups in total. The van der Waals surface area contributed by atoms with Crippen LogP contribution >= 0.6 is 11.8 Å². The zero-order chi connectivity index (χ0) is 19.0. The highest BCUT2D eigenvalue weighted by Crippen LogP contribution is 2.30. The van der Waals surface area contributed by atoms with Crippen molar-refractivity contribution in [3.8, 4) is 17.3 Å². The molecule has 0 saturated heterocycles. The fourth-order valence-electron chi connectivity index (χ4n) is 3.10. The summed E-state index contributed by atoms with van der Waals surface area (Å²) in [5.74, 6) is 0.703. The first-order valence-corrected chi connectivity index (χ1v) is 9.62. The maximum absolute atomic E-state index is 13.0. The summed E-state index contributed by atoms with van der Waals surface area (Å²) in [6, 6.07) is 17.7. The quantitative estimate of drug-likeness (QED) is 0.636. The third-order valence-corrected chi connectivity index (χ3v) is 5.82. The molecule has 27 heavy (non-hydrogen) atoms. The molecule has 0 spiro atoms. The summed E-state index contributed by atoms with van der Waals surface area (Å²) < 4.78 is 1.59. The third-order valence-electron chi connectivity index (χ3n) is 4.81. The van der Waals surface area contributed by atoms with E-state index in [-0.39, 0.29) is 11.1 Å². The molecule has 4 rings (SSSR count). The molecule has 2 heterocycles.